The molecule has 0 spiro atoms. The summed E-state index contributed by atoms with van der Waals surface area (Å²) in [4.78, 5) is 23.5. The Morgan fingerprint density at radius 1 is 1.00 bits per heavy atom. The molecule has 0 radical (unpaired) electrons. The number of halogens is 1. The monoisotopic (exact) mass is 368 g/mol. The van der Waals surface area contributed by atoms with Crippen LogP contribution < -0.4 is 4.74 Å². The Labute approximate surface area is 143 Å². The fourth-order valence-electron chi connectivity index (χ4n) is 1.83. The largest absolute Gasteiger partial charge is 0.465 e. The van der Waals surface area contributed by atoms with Crippen molar-refractivity contribution < 1.29 is 27.5 Å². The molecule has 2 aromatic rings. The van der Waals surface area contributed by atoms with Gasteiger partial charge in [0, 0.05) is 6.26 Å². The number of carbonyl (C=O) groups is 2. The Kier molecular flexibility index (Phi) is 5.26. The summed E-state index contributed by atoms with van der Waals surface area (Å²) in [5, 5.41) is 0.0681. The first-order chi connectivity index (χ1) is 11.2. The number of hydrogen-bond acceptors (Lipinski definition) is 6. The van der Waals surface area contributed by atoms with E-state index in [2.05, 4.69) is 4.74 Å². The molecule has 0 aliphatic carbocycles. The van der Waals surface area contributed by atoms with E-state index in [1.54, 1.807) is 0 Å². The molecule has 0 heterocycles. The van der Waals surface area contributed by atoms with Crippen LogP contribution in [-0.4, -0.2) is 33.7 Å². The van der Waals surface area contributed by atoms with Crippen molar-refractivity contribution >= 4 is 33.4 Å². The van der Waals surface area contributed by atoms with Crippen molar-refractivity contribution in [1.29, 1.82) is 0 Å². The molecule has 0 bridgehead atoms. The molecule has 24 heavy (non-hydrogen) atoms. The minimum atomic E-state index is -3.48. The maximum Gasteiger partial charge on any atom is 0.345 e. The average molecular weight is 369 g/mol. The molecule has 0 atom stereocenters. The van der Waals surface area contributed by atoms with Crippen LogP contribution in [0.5, 0.6) is 5.75 Å². The van der Waals surface area contributed by atoms with Gasteiger partial charge in [-0.3, -0.25) is 0 Å². The molecule has 0 aliphatic rings. The topological polar surface area (TPSA) is 86.7 Å². The number of hydrogen-bond donors (Lipinski definition) is 0. The van der Waals surface area contributed by atoms with E-state index in [1.807, 2.05) is 0 Å². The molecule has 8 heteroatoms. The van der Waals surface area contributed by atoms with Crippen LogP contribution in [-0.2, 0) is 14.6 Å². The molecule has 126 valence electrons. The zero-order chi connectivity index (χ0) is 17.9. The molecule has 0 amide bonds. The van der Waals surface area contributed by atoms with Crippen molar-refractivity contribution in [2.75, 3.05) is 13.4 Å². The Balaban J connectivity index is 2.25. The minimum absolute atomic E-state index is 0.0418. The molecule has 2 rings (SSSR count). The lowest BCUT2D eigenvalue weighted by Crippen LogP contribution is -2.11. The van der Waals surface area contributed by atoms with E-state index in [-0.39, 0.29) is 21.2 Å². The summed E-state index contributed by atoms with van der Waals surface area (Å²) in [5.41, 5.74) is 0.228. The molecule has 0 fully saturated rings. The molecule has 2 aromatic carbocycles. The predicted molar refractivity (Wildman–Crippen MR) is 87.3 cm³/mol. The summed E-state index contributed by atoms with van der Waals surface area (Å²) in [6.07, 6.45) is 1.02. The lowest BCUT2D eigenvalue weighted by atomic mass is 10.2. The molecule has 0 saturated carbocycles. The van der Waals surface area contributed by atoms with E-state index in [9.17, 15) is 18.0 Å². The van der Waals surface area contributed by atoms with Crippen LogP contribution in [0, 0.1) is 0 Å². The van der Waals surface area contributed by atoms with Crippen molar-refractivity contribution in [3.63, 3.8) is 0 Å². The highest BCUT2D eigenvalue weighted by Gasteiger charge is 2.17. The maximum atomic E-state index is 12.2. The van der Waals surface area contributed by atoms with Crippen molar-refractivity contribution in [3.8, 4) is 5.75 Å². The van der Waals surface area contributed by atoms with Gasteiger partial charge < -0.3 is 9.47 Å². The molecule has 0 aliphatic heterocycles. The van der Waals surface area contributed by atoms with E-state index >= 15 is 0 Å². The normalized spacial score (nSPS) is 11.0. The van der Waals surface area contributed by atoms with Gasteiger partial charge in [-0.05, 0) is 42.5 Å². The van der Waals surface area contributed by atoms with Gasteiger partial charge in [0.1, 0.15) is 5.75 Å². The highest BCUT2D eigenvalue weighted by atomic mass is 35.5. The Morgan fingerprint density at radius 3 is 2.17 bits per heavy atom. The van der Waals surface area contributed by atoms with Crippen LogP contribution in [0.3, 0.4) is 0 Å². The summed E-state index contributed by atoms with van der Waals surface area (Å²) < 4.78 is 32.8. The number of benzene rings is 2. The van der Waals surface area contributed by atoms with Gasteiger partial charge >= 0.3 is 11.9 Å². The van der Waals surface area contributed by atoms with Gasteiger partial charge in [0.05, 0.1) is 28.2 Å². The lowest BCUT2D eigenvalue weighted by molar-refractivity contribution is 0.0600. The molecule has 0 N–H and O–H groups in total. The van der Waals surface area contributed by atoms with Crippen LogP contribution in [0.4, 0.5) is 0 Å². The van der Waals surface area contributed by atoms with E-state index in [4.69, 9.17) is 16.3 Å². The van der Waals surface area contributed by atoms with Gasteiger partial charge in [-0.1, -0.05) is 11.6 Å². The third-order valence-electron chi connectivity index (χ3n) is 3.07. The first kappa shape index (κ1) is 18.0. The van der Waals surface area contributed by atoms with E-state index in [0.717, 1.165) is 12.3 Å². The Hall–Kier alpha value is -2.38. The quantitative estimate of drug-likeness (QED) is 0.609. The second kappa shape index (κ2) is 7.02. The third-order valence-corrected chi connectivity index (χ3v) is 4.51. The highest BCUT2D eigenvalue weighted by molar-refractivity contribution is 7.90. The van der Waals surface area contributed by atoms with Crippen LogP contribution in [0.25, 0.3) is 0 Å². The smallest absolute Gasteiger partial charge is 0.345 e. The van der Waals surface area contributed by atoms with Gasteiger partial charge in [-0.25, -0.2) is 18.0 Å². The standard InChI is InChI=1S/C16H13ClO6S/c1-22-15(18)10-3-5-11(6-4-10)23-16(19)13-9-12(24(2,20)21)7-8-14(13)17/h3-9H,1-2H3. The number of rotatable bonds is 4. The van der Waals surface area contributed by atoms with Gasteiger partial charge in [0.2, 0.25) is 0 Å². The number of ether oxygens (including phenoxy) is 2. The van der Waals surface area contributed by atoms with Crippen LogP contribution >= 0.6 is 11.6 Å². The number of methoxy groups -OCH3 is 1. The van der Waals surface area contributed by atoms with Crippen molar-refractivity contribution in [2.24, 2.45) is 0 Å². The summed E-state index contributed by atoms with van der Waals surface area (Å²) >= 11 is 5.94. The molecular weight excluding hydrogens is 356 g/mol. The van der Waals surface area contributed by atoms with Gasteiger partial charge in [-0.15, -0.1) is 0 Å². The SMILES string of the molecule is COC(=O)c1ccc(OC(=O)c2cc(S(C)(=O)=O)ccc2Cl)cc1. The third kappa shape index (κ3) is 4.12. The van der Waals surface area contributed by atoms with Crippen LogP contribution in [0.2, 0.25) is 5.02 Å². The summed E-state index contributed by atoms with van der Waals surface area (Å²) in [6.45, 7) is 0. The Bertz CT molecular complexity index is 887. The molecule has 0 unspecified atom stereocenters. The lowest BCUT2D eigenvalue weighted by Gasteiger charge is -2.08. The second-order valence-corrected chi connectivity index (χ2v) is 7.24. The van der Waals surface area contributed by atoms with Gasteiger partial charge in [0.15, 0.2) is 9.84 Å². The molecular formula is C16H13ClO6S. The molecule has 6 nitrogen and oxygen atoms in total. The molecule has 0 aromatic heterocycles. The summed E-state index contributed by atoms with van der Waals surface area (Å²) in [5.74, 6) is -1.15. The zero-order valence-electron chi connectivity index (χ0n) is 12.8. The average Bonchev–Trinajstić information content (AvgIpc) is 2.54. The van der Waals surface area contributed by atoms with Crippen molar-refractivity contribution in [3.05, 3.63) is 58.6 Å². The van der Waals surface area contributed by atoms with E-state index in [1.165, 1.54) is 43.5 Å². The first-order valence-electron chi connectivity index (χ1n) is 6.62. The fourth-order valence-corrected chi connectivity index (χ4v) is 2.67. The first-order valence-corrected chi connectivity index (χ1v) is 8.89. The second-order valence-electron chi connectivity index (χ2n) is 4.82. The van der Waals surface area contributed by atoms with E-state index < -0.39 is 21.8 Å². The number of sulfone groups is 1. The fraction of sp³-hybridized carbons (Fsp3) is 0.125. The van der Waals surface area contributed by atoms with Crippen molar-refractivity contribution in [1.82, 2.24) is 0 Å². The number of carbonyl (C=O) groups excluding carboxylic acids is 2. The van der Waals surface area contributed by atoms with Gasteiger partial charge in [0.25, 0.3) is 0 Å². The molecule has 0 saturated heterocycles. The number of esters is 2. The van der Waals surface area contributed by atoms with E-state index in [0.29, 0.717) is 5.56 Å². The van der Waals surface area contributed by atoms with Crippen molar-refractivity contribution in [2.45, 2.75) is 4.90 Å². The summed E-state index contributed by atoms with van der Waals surface area (Å²) in [7, 11) is -2.23. The van der Waals surface area contributed by atoms with Crippen LogP contribution in [0.1, 0.15) is 20.7 Å². The summed E-state index contributed by atoms with van der Waals surface area (Å²) in [6, 6.07) is 9.47. The van der Waals surface area contributed by atoms with Gasteiger partial charge in [-0.2, -0.15) is 0 Å². The zero-order valence-corrected chi connectivity index (χ0v) is 14.3. The minimum Gasteiger partial charge on any atom is -0.465 e. The predicted octanol–water partition coefficient (Wildman–Crippen LogP) is 2.75. The highest BCUT2D eigenvalue weighted by Crippen LogP contribution is 2.23. The maximum absolute atomic E-state index is 12.2. The Morgan fingerprint density at radius 2 is 1.62 bits per heavy atom. The van der Waals surface area contributed by atoms with Crippen LogP contribution in [0.15, 0.2) is 47.4 Å².